The van der Waals surface area contributed by atoms with E-state index in [-0.39, 0.29) is 58.1 Å². The summed E-state index contributed by atoms with van der Waals surface area (Å²) in [6.07, 6.45) is 0. The van der Waals surface area contributed by atoms with E-state index in [1.54, 1.807) is 0 Å². The number of sulfone groups is 1. The summed E-state index contributed by atoms with van der Waals surface area (Å²) in [7, 11) is -12.0. The summed E-state index contributed by atoms with van der Waals surface area (Å²) in [5.74, 6) is 0. The molecular weight excluding hydrogens is 532 g/mol. The normalized spacial score (nSPS) is 12.9. The van der Waals surface area contributed by atoms with Crippen molar-refractivity contribution < 1.29 is 35.3 Å². The summed E-state index contributed by atoms with van der Waals surface area (Å²) < 4.78 is 80.1. The number of hydrogen-bond donors (Lipinski definition) is 5. The van der Waals surface area contributed by atoms with Gasteiger partial charge in [0.2, 0.25) is 19.9 Å². The third-order valence-electron chi connectivity index (χ3n) is 4.74. The Balaban J connectivity index is 2.27. The molecule has 0 aromatic heterocycles. The van der Waals surface area contributed by atoms with Gasteiger partial charge in [-0.3, -0.25) is 9.00 Å². The molecule has 2 rings (SSSR count). The molecule has 0 saturated heterocycles. The van der Waals surface area contributed by atoms with Crippen LogP contribution in [0.3, 0.4) is 0 Å². The highest BCUT2D eigenvalue weighted by molar-refractivity contribution is 8.13. The molecule has 0 aliphatic heterocycles. The summed E-state index contributed by atoms with van der Waals surface area (Å²) in [5.41, 5.74) is 10.9. The fraction of sp³-hybridized carbons (Fsp3) is 0.381. The highest BCUT2D eigenvalue weighted by Gasteiger charge is 2.24. The molecule has 0 bridgehead atoms. The van der Waals surface area contributed by atoms with E-state index in [4.69, 9.17) is 20.9 Å². The predicted molar refractivity (Wildman–Crippen MR) is 136 cm³/mol. The minimum absolute atomic E-state index is 0.0136. The summed E-state index contributed by atoms with van der Waals surface area (Å²) in [6, 6.07) is 9.97. The lowest BCUT2D eigenvalue weighted by Crippen LogP contribution is -2.35. The zero-order valence-corrected chi connectivity index (χ0v) is 22.1. The molecule has 0 aliphatic rings. The Morgan fingerprint density at radius 3 is 1.97 bits per heavy atom. The molecule has 6 N–H and O–H groups in total. The molecule has 202 valence electrons. The van der Waals surface area contributed by atoms with Crippen molar-refractivity contribution in [2.24, 2.45) is 11.5 Å². The van der Waals surface area contributed by atoms with Crippen molar-refractivity contribution in [2.45, 2.75) is 19.6 Å². The summed E-state index contributed by atoms with van der Waals surface area (Å²) in [6.45, 7) is 1.51. The van der Waals surface area contributed by atoms with Crippen LogP contribution in [0, 0.1) is 0 Å². The van der Waals surface area contributed by atoms with Crippen molar-refractivity contribution in [1.29, 1.82) is 0 Å². The number of benzene rings is 2. The molecule has 0 amide bonds. The van der Waals surface area contributed by atoms with Gasteiger partial charge in [0.05, 0.1) is 41.1 Å². The van der Waals surface area contributed by atoms with E-state index in [2.05, 4.69) is 9.44 Å². The standard InChI is InChI=1S/C21H32N4O8S3/c22-7-11-32-13-9-24-34(27,17-26)18-3-1-4-19(15-18)35(28,29)20-5-2-6-21(16-20)36(30,31)25-10-14-33-12-8-23/h1-6,15-17,25,34H,7-14,22-23H2,(H,24,27). The Morgan fingerprint density at radius 1 is 0.806 bits per heavy atom. The molecule has 2 aromatic carbocycles. The number of nitrogens with one attached hydrogen (secondary N) is 2. The first-order chi connectivity index (χ1) is 17.1. The molecular formula is C21H32N4O8S3. The van der Waals surface area contributed by atoms with Gasteiger partial charge in [0.25, 0.3) is 0 Å². The van der Waals surface area contributed by atoms with Gasteiger partial charge < -0.3 is 20.9 Å². The molecule has 0 fully saturated rings. The average Bonchev–Trinajstić information content (AvgIpc) is 2.88. The molecule has 0 heterocycles. The van der Waals surface area contributed by atoms with Crippen molar-refractivity contribution in [3.8, 4) is 0 Å². The first-order valence-electron chi connectivity index (χ1n) is 10.9. The van der Waals surface area contributed by atoms with Crippen LogP contribution in [0.2, 0.25) is 0 Å². The highest BCUT2D eigenvalue weighted by atomic mass is 32.3. The molecule has 0 atom stereocenters. The zero-order chi connectivity index (χ0) is 26.7. The summed E-state index contributed by atoms with van der Waals surface area (Å²) in [5, 5.41) is 0. The van der Waals surface area contributed by atoms with Crippen LogP contribution in [0.4, 0.5) is 0 Å². The number of thiol groups is 1. The van der Waals surface area contributed by atoms with Crippen LogP contribution >= 0.6 is 0 Å². The van der Waals surface area contributed by atoms with Crippen LogP contribution in [-0.4, -0.2) is 79.3 Å². The van der Waals surface area contributed by atoms with E-state index >= 15 is 0 Å². The van der Waals surface area contributed by atoms with Gasteiger partial charge in [0.1, 0.15) is 0 Å². The molecule has 0 saturated carbocycles. The molecule has 0 radical (unpaired) electrons. The largest absolute Gasteiger partial charge is 0.379 e. The molecule has 0 unspecified atom stereocenters. The smallest absolute Gasteiger partial charge is 0.240 e. The van der Waals surface area contributed by atoms with Crippen LogP contribution in [0.15, 0.2) is 68.1 Å². The number of carbonyl (C=O) groups excluding carboxylic acids is 1. The first kappa shape index (κ1) is 30.1. The fourth-order valence-electron chi connectivity index (χ4n) is 2.98. The topological polar surface area (TPSA) is 197 Å². The molecule has 12 nitrogen and oxygen atoms in total. The third kappa shape index (κ3) is 8.22. The highest BCUT2D eigenvalue weighted by Crippen LogP contribution is 2.26. The minimum Gasteiger partial charge on any atom is -0.379 e. The molecule has 15 heteroatoms. The number of nitrogens with two attached hydrogens (primary N) is 2. The van der Waals surface area contributed by atoms with Gasteiger partial charge in [-0.05, 0) is 36.4 Å². The van der Waals surface area contributed by atoms with Gasteiger partial charge in [-0.15, -0.1) is 0 Å². The lowest BCUT2D eigenvalue weighted by molar-refractivity contribution is 0.147. The van der Waals surface area contributed by atoms with Crippen molar-refractivity contribution in [3.63, 3.8) is 0 Å². The van der Waals surface area contributed by atoms with E-state index in [1.807, 2.05) is 0 Å². The van der Waals surface area contributed by atoms with Crippen LogP contribution < -0.4 is 20.9 Å². The van der Waals surface area contributed by atoms with Crippen LogP contribution in [-0.2, 0) is 44.2 Å². The van der Waals surface area contributed by atoms with Gasteiger partial charge >= 0.3 is 0 Å². The molecule has 2 aromatic rings. The number of carbonyl (C=O) groups is 1. The summed E-state index contributed by atoms with van der Waals surface area (Å²) >= 11 is 0. The van der Waals surface area contributed by atoms with E-state index in [0.29, 0.717) is 19.7 Å². The Morgan fingerprint density at radius 2 is 1.36 bits per heavy atom. The van der Waals surface area contributed by atoms with E-state index < -0.39 is 30.0 Å². The van der Waals surface area contributed by atoms with Crippen molar-refractivity contribution >= 4 is 35.6 Å². The van der Waals surface area contributed by atoms with E-state index in [1.165, 1.54) is 36.4 Å². The molecule has 36 heavy (non-hydrogen) atoms. The van der Waals surface area contributed by atoms with Crippen molar-refractivity contribution in [3.05, 3.63) is 48.5 Å². The second kappa shape index (κ2) is 14.0. The maximum Gasteiger partial charge on any atom is 0.240 e. The maximum atomic E-state index is 13.3. The SMILES string of the molecule is NCCOCCNS(=O)(=O)c1cccc(S(=O)(=O)c2cccc([SH](=O)(C=O)NCCOCCN)c2)c1. The number of rotatable bonds is 17. The summed E-state index contributed by atoms with van der Waals surface area (Å²) in [4.78, 5) is 10.9. The number of ether oxygens (including phenoxy) is 2. The lowest BCUT2D eigenvalue weighted by Gasteiger charge is -2.20. The minimum atomic E-state index is -4.21. The average molecular weight is 565 g/mol. The Kier molecular flexibility index (Phi) is 11.7. The number of sulfonamides is 1. The third-order valence-corrected chi connectivity index (χ3v) is 9.99. The second-order valence-electron chi connectivity index (χ2n) is 7.35. The molecule has 0 aliphatic carbocycles. The van der Waals surface area contributed by atoms with Gasteiger partial charge in [-0.1, -0.05) is 12.1 Å². The lowest BCUT2D eigenvalue weighted by atomic mass is 10.4. The van der Waals surface area contributed by atoms with E-state index in [0.717, 1.165) is 12.1 Å². The monoisotopic (exact) mass is 564 g/mol. The predicted octanol–water partition coefficient (Wildman–Crippen LogP) is -1.18. The van der Waals surface area contributed by atoms with Crippen LogP contribution in [0.1, 0.15) is 0 Å². The Bertz CT molecular complexity index is 1270. The van der Waals surface area contributed by atoms with Crippen molar-refractivity contribution in [1.82, 2.24) is 9.44 Å². The van der Waals surface area contributed by atoms with E-state index in [9.17, 15) is 25.8 Å². The quantitative estimate of drug-likeness (QED) is 0.0885. The van der Waals surface area contributed by atoms with Crippen LogP contribution in [0.25, 0.3) is 0 Å². The molecule has 0 spiro atoms. The van der Waals surface area contributed by atoms with Gasteiger partial charge in [0, 0.05) is 41.2 Å². The number of hydrogen-bond acceptors (Lipinski definition) is 10. The van der Waals surface area contributed by atoms with Crippen molar-refractivity contribution in [2.75, 3.05) is 52.6 Å². The first-order valence-corrected chi connectivity index (χ1v) is 15.7. The zero-order valence-electron chi connectivity index (χ0n) is 19.5. The Labute approximate surface area is 212 Å². The second-order valence-corrected chi connectivity index (χ2v) is 13.4. The Hall–Kier alpha value is -2.08. The maximum absolute atomic E-state index is 13.3. The van der Waals surface area contributed by atoms with Gasteiger partial charge in [0.15, 0.2) is 5.62 Å². The van der Waals surface area contributed by atoms with Gasteiger partial charge in [-0.2, -0.15) is 0 Å². The fourth-order valence-corrected chi connectivity index (χ4v) is 6.99. The van der Waals surface area contributed by atoms with Gasteiger partial charge in [-0.25, -0.2) is 26.3 Å². The van der Waals surface area contributed by atoms with Crippen LogP contribution in [0.5, 0.6) is 0 Å².